The van der Waals surface area contributed by atoms with Gasteiger partial charge in [-0.3, -0.25) is 0 Å². The number of rotatable bonds is 11. The molecule has 8 aromatic carbocycles. The van der Waals surface area contributed by atoms with E-state index in [1.165, 1.54) is 0 Å². The van der Waals surface area contributed by atoms with E-state index >= 15 is 0 Å². The normalized spacial score (nSPS) is 12.8. The van der Waals surface area contributed by atoms with E-state index in [4.69, 9.17) is 0 Å². The molecule has 0 saturated heterocycles. The molecular formula is C52H40N6Pd-4. The Morgan fingerprint density at radius 1 is 0.356 bits per heavy atom. The van der Waals surface area contributed by atoms with Gasteiger partial charge in [0.25, 0.3) is 0 Å². The van der Waals surface area contributed by atoms with Gasteiger partial charge in [0, 0.05) is 79.0 Å². The van der Waals surface area contributed by atoms with Crippen LogP contribution in [0.1, 0.15) is 0 Å². The van der Waals surface area contributed by atoms with Crippen molar-refractivity contribution in [3.8, 4) is 0 Å². The second-order valence-electron chi connectivity index (χ2n) is 14.2. The first-order valence-corrected chi connectivity index (χ1v) is 19.6. The molecule has 8 aromatic rings. The van der Waals surface area contributed by atoms with Gasteiger partial charge in [-0.25, -0.2) is 0 Å². The molecule has 2 aliphatic rings. The fourth-order valence-corrected chi connectivity index (χ4v) is 7.95. The summed E-state index contributed by atoms with van der Waals surface area (Å²) in [7, 11) is 0. The standard InChI is InChI=1S/C52H40N6.Pd/c1-5-19-41(20-6-1)57(42-21-7-2-8-22-42)47-29-17-27-45(37-47)55-39-53(49-31-13-15-33-51(49)55)35-36-54-40-56(52-34-16-14-32-50(52)54)46-28-18-30-48(38-46)58(43-23-9-3-10-24-43)44-25-11-4-12-26-44;/h1-26,29-34,37-40H,35-36H2;/q-4;. The Morgan fingerprint density at radius 3 is 1.00 bits per heavy atom. The molecule has 0 aliphatic carbocycles. The molecule has 0 aromatic heterocycles. The van der Waals surface area contributed by atoms with Crippen molar-refractivity contribution in [1.82, 2.24) is 0 Å². The van der Waals surface area contributed by atoms with Crippen LogP contribution in [0.3, 0.4) is 0 Å². The van der Waals surface area contributed by atoms with Crippen LogP contribution >= 0.6 is 0 Å². The van der Waals surface area contributed by atoms with Gasteiger partial charge >= 0.3 is 0 Å². The van der Waals surface area contributed by atoms with Crippen molar-refractivity contribution in [3.05, 3.63) is 232 Å². The molecule has 6 nitrogen and oxygen atoms in total. The number of nitrogens with zero attached hydrogens (tertiary/aromatic N) is 6. The van der Waals surface area contributed by atoms with Crippen molar-refractivity contribution >= 4 is 68.2 Å². The van der Waals surface area contributed by atoms with Gasteiger partial charge in [-0.15, -0.1) is 35.6 Å². The molecule has 7 heteroatoms. The van der Waals surface area contributed by atoms with Crippen molar-refractivity contribution in [2.45, 2.75) is 0 Å². The zero-order chi connectivity index (χ0) is 38.7. The third-order valence-electron chi connectivity index (χ3n) is 10.6. The number of fused-ring (bicyclic) bond motifs is 2. The molecule has 2 aliphatic heterocycles. The smallest absolute Gasteiger partial charge is 0.0438 e. The van der Waals surface area contributed by atoms with Crippen LogP contribution in [0.4, 0.5) is 68.2 Å². The zero-order valence-electron chi connectivity index (χ0n) is 32.2. The van der Waals surface area contributed by atoms with Crippen LogP contribution < -0.4 is 29.4 Å². The first kappa shape index (κ1) is 37.8. The van der Waals surface area contributed by atoms with E-state index in [1.807, 2.05) is 12.1 Å². The van der Waals surface area contributed by atoms with Crippen molar-refractivity contribution in [2.24, 2.45) is 0 Å². The summed E-state index contributed by atoms with van der Waals surface area (Å²) in [6, 6.07) is 79.2. The SMILES string of the molecule is [Pd].[c-]1ccc(N(c2ccccc2)c2ccccc2)cc1N1[CH-]N(CCN2[CH-]N(c3[c-]ccc(N(c4ccccc4)c4ccccc4)c3)c3ccccc32)c2ccccc21. The van der Waals surface area contributed by atoms with E-state index in [0.29, 0.717) is 0 Å². The van der Waals surface area contributed by atoms with Crippen molar-refractivity contribution < 1.29 is 20.4 Å². The number of benzene rings is 8. The second kappa shape index (κ2) is 17.0. The van der Waals surface area contributed by atoms with Crippen molar-refractivity contribution in [1.29, 1.82) is 0 Å². The molecule has 0 amide bonds. The van der Waals surface area contributed by atoms with Gasteiger partial charge in [0.05, 0.1) is 0 Å². The Labute approximate surface area is 361 Å². The Morgan fingerprint density at radius 2 is 0.661 bits per heavy atom. The van der Waals surface area contributed by atoms with Gasteiger partial charge in [0.1, 0.15) is 0 Å². The Balaban J connectivity index is 0.00000449. The first-order chi connectivity index (χ1) is 28.8. The molecule has 0 saturated carbocycles. The monoisotopic (exact) mass is 854 g/mol. The minimum atomic E-state index is 0. The van der Waals surface area contributed by atoms with Crippen LogP contribution in [0.25, 0.3) is 0 Å². The van der Waals surface area contributed by atoms with Crippen LogP contribution in [0.2, 0.25) is 0 Å². The molecule has 0 atom stereocenters. The van der Waals surface area contributed by atoms with Gasteiger partial charge in [-0.05, 0) is 72.8 Å². The van der Waals surface area contributed by atoms with Crippen molar-refractivity contribution in [2.75, 3.05) is 42.5 Å². The summed E-state index contributed by atoms with van der Waals surface area (Å²) in [5.74, 6) is 0. The van der Waals surface area contributed by atoms with E-state index in [2.05, 4.69) is 249 Å². The maximum atomic E-state index is 3.55. The quantitative estimate of drug-likeness (QED) is 0.0947. The minimum absolute atomic E-state index is 0. The maximum Gasteiger partial charge on any atom is 0.0438 e. The largest absolute Gasteiger partial charge is 0.500 e. The molecule has 10 rings (SSSR count). The van der Waals surface area contributed by atoms with Crippen LogP contribution in [-0.2, 0) is 20.4 Å². The van der Waals surface area contributed by atoms with Gasteiger partial charge in [0.2, 0.25) is 0 Å². The molecule has 0 spiro atoms. The Kier molecular flexibility index (Phi) is 10.9. The topological polar surface area (TPSA) is 19.4 Å². The summed E-state index contributed by atoms with van der Waals surface area (Å²) in [5.41, 5.74) is 13.1. The molecule has 0 N–H and O–H groups in total. The third kappa shape index (κ3) is 7.55. The molecule has 0 radical (unpaired) electrons. The van der Waals surface area contributed by atoms with E-state index in [-0.39, 0.29) is 20.4 Å². The molecule has 2 heterocycles. The van der Waals surface area contributed by atoms with Gasteiger partial charge in [-0.2, -0.15) is 37.6 Å². The zero-order valence-corrected chi connectivity index (χ0v) is 33.8. The van der Waals surface area contributed by atoms with E-state index < -0.39 is 0 Å². The summed E-state index contributed by atoms with van der Waals surface area (Å²) in [6.07, 6.45) is 0. The van der Waals surface area contributed by atoms with E-state index in [0.717, 1.165) is 81.3 Å². The summed E-state index contributed by atoms with van der Waals surface area (Å²) in [5, 5.41) is 0. The summed E-state index contributed by atoms with van der Waals surface area (Å²) in [4.78, 5) is 13.8. The molecule has 59 heavy (non-hydrogen) atoms. The second-order valence-corrected chi connectivity index (χ2v) is 14.2. The average molecular weight is 855 g/mol. The van der Waals surface area contributed by atoms with Crippen LogP contribution in [0.5, 0.6) is 0 Å². The van der Waals surface area contributed by atoms with Gasteiger partial charge < -0.3 is 29.4 Å². The van der Waals surface area contributed by atoms with E-state index in [9.17, 15) is 0 Å². The average Bonchev–Trinajstić information content (AvgIpc) is 3.86. The van der Waals surface area contributed by atoms with Gasteiger partial charge in [-0.1, -0.05) is 108 Å². The van der Waals surface area contributed by atoms with Crippen molar-refractivity contribution in [3.63, 3.8) is 0 Å². The number of hydrogen-bond acceptors (Lipinski definition) is 6. The fourth-order valence-electron chi connectivity index (χ4n) is 7.95. The number of hydrogen-bond donors (Lipinski definition) is 0. The Hall–Kier alpha value is -6.78. The van der Waals surface area contributed by atoms with Crippen LogP contribution in [0.15, 0.2) is 206 Å². The minimum Gasteiger partial charge on any atom is -0.500 e. The fraction of sp³-hybridized carbons (Fsp3) is 0.0385. The maximum absolute atomic E-state index is 3.55. The summed E-state index contributed by atoms with van der Waals surface area (Å²) >= 11 is 0. The Bertz CT molecular complexity index is 2360. The number of para-hydroxylation sites is 8. The molecule has 0 bridgehead atoms. The summed E-state index contributed by atoms with van der Waals surface area (Å²) in [6.45, 7) is 5.97. The first-order valence-electron chi connectivity index (χ1n) is 19.6. The molecule has 0 fully saturated rings. The predicted molar refractivity (Wildman–Crippen MR) is 240 cm³/mol. The molecule has 292 valence electrons. The van der Waals surface area contributed by atoms with E-state index in [1.54, 1.807) is 0 Å². The predicted octanol–water partition coefficient (Wildman–Crippen LogP) is 13.1. The third-order valence-corrected chi connectivity index (χ3v) is 10.6. The molecular weight excluding hydrogens is 815 g/mol. The number of anilines is 12. The molecule has 0 unspecified atom stereocenters. The van der Waals surface area contributed by atoms with Crippen LogP contribution in [0, 0.1) is 25.5 Å². The van der Waals surface area contributed by atoms with Crippen LogP contribution in [-0.4, -0.2) is 13.1 Å². The summed E-state index contributed by atoms with van der Waals surface area (Å²) < 4.78 is 0. The van der Waals surface area contributed by atoms with Gasteiger partial charge in [0.15, 0.2) is 0 Å².